The van der Waals surface area contributed by atoms with E-state index in [9.17, 15) is 4.79 Å². The number of allylic oxidation sites excluding steroid dienone is 2. The topological polar surface area (TPSA) is 26.3 Å². The fraction of sp³-hybridized carbons (Fsp3) is 0.381. The number of Topliss-reactive ketones (excluding diaryl/α,β-unsaturated/α-hetero) is 1. The molecular weight excluding hydrogens is 312 g/mol. The first-order chi connectivity index (χ1) is 11.3. The summed E-state index contributed by atoms with van der Waals surface area (Å²) < 4.78 is 6.34. The van der Waals surface area contributed by atoms with Crippen molar-refractivity contribution in [3.05, 3.63) is 59.4 Å². The third-order valence-corrected chi connectivity index (χ3v) is 6.42. The molecule has 0 spiro atoms. The quantitative estimate of drug-likeness (QED) is 0.721. The van der Waals surface area contributed by atoms with Crippen LogP contribution in [0.2, 0.25) is 19.6 Å². The van der Waals surface area contributed by atoms with E-state index in [0.29, 0.717) is 18.1 Å². The van der Waals surface area contributed by atoms with E-state index in [4.69, 9.17) is 4.43 Å². The molecule has 0 aromatic heterocycles. The molecule has 2 atom stereocenters. The second kappa shape index (κ2) is 5.06. The van der Waals surface area contributed by atoms with Crippen LogP contribution in [0.4, 0.5) is 0 Å². The molecular formula is C21H24O2Si. The second-order valence-corrected chi connectivity index (χ2v) is 12.6. The fourth-order valence-corrected chi connectivity index (χ4v) is 5.48. The van der Waals surface area contributed by atoms with Gasteiger partial charge in [0, 0.05) is 12.8 Å². The average molecular weight is 337 g/mol. The Morgan fingerprint density at radius 1 is 1.04 bits per heavy atom. The summed E-state index contributed by atoms with van der Waals surface area (Å²) in [7, 11) is -1.66. The van der Waals surface area contributed by atoms with E-state index in [0.717, 1.165) is 23.3 Å². The standard InChI is InChI=1S/C21H24O2Si/c1-14-19(23-24(2,3)4)12-18-13-20(22)21(14,18)17-10-9-15-7-5-6-8-16(15)11-17/h5-11,18H,12-13H2,1-4H3/t18-,21+/m0/s1. The highest BCUT2D eigenvalue weighted by molar-refractivity contribution is 6.70. The Labute approximate surface area is 144 Å². The Balaban J connectivity index is 1.85. The maximum absolute atomic E-state index is 12.8. The predicted octanol–water partition coefficient (Wildman–Crippen LogP) is 5.20. The predicted molar refractivity (Wildman–Crippen MR) is 100 cm³/mol. The summed E-state index contributed by atoms with van der Waals surface area (Å²) in [5.74, 6) is 1.81. The SMILES string of the molecule is CC1=C(O[Si](C)(C)C)C[C@H]2CC(=O)[C@@]12c1ccc2ccccc2c1. The molecule has 24 heavy (non-hydrogen) atoms. The molecule has 4 rings (SSSR count). The molecule has 0 heterocycles. The van der Waals surface area contributed by atoms with Gasteiger partial charge in [0.1, 0.15) is 5.78 Å². The molecule has 2 aromatic rings. The van der Waals surface area contributed by atoms with Crippen molar-refractivity contribution in [3.63, 3.8) is 0 Å². The van der Waals surface area contributed by atoms with Crippen LogP contribution in [0, 0.1) is 5.92 Å². The van der Waals surface area contributed by atoms with Crippen molar-refractivity contribution in [1.82, 2.24) is 0 Å². The summed E-state index contributed by atoms with van der Waals surface area (Å²) in [6, 6.07) is 14.9. The number of rotatable bonds is 3. The van der Waals surface area contributed by atoms with Crippen molar-refractivity contribution in [2.45, 2.75) is 44.8 Å². The lowest BCUT2D eigenvalue weighted by molar-refractivity contribution is -0.134. The summed E-state index contributed by atoms with van der Waals surface area (Å²) in [6.45, 7) is 8.73. The molecule has 0 radical (unpaired) electrons. The summed E-state index contributed by atoms with van der Waals surface area (Å²) in [5, 5.41) is 2.43. The van der Waals surface area contributed by atoms with Crippen LogP contribution in [-0.4, -0.2) is 14.1 Å². The van der Waals surface area contributed by atoms with Gasteiger partial charge in [-0.05, 0) is 60.5 Å². The Morgan fingerprint density at radius 3 is 2.42 bits per heavy atom. The van der Waals surface area contributed by atoms with Crippen LogP contribution in [-0.2, 0) is 14.6 Å². The highest BCUT2D eigenvalue weighted by Crippen LogP contribution is 2.59. The van der Waals surface area contributed by atoms with Gasteiger partial charge in [-0.1, -0.05) is 36.4 Å². The van der Waals surface area contributed by atoms with Gasteiger partial charge < -0.3 is 4.43 Å². The van der Waals surface area contributed by atoms with Gasteiger partial charge in [0.05, 0.1) is 11.2 Å². The molecule has 0 bridgehead atoms. The number of carbonyl (C=O) groups is 1. The van der Waals surface area contributed by atoms with Crippen molar-refractivity contribution in [3.8, 4) is 0 Å². The van der Waals surface area contributed by atoms with Gasteiger partial charge in [0.15, 0.2) is 0 Å². The van der Waals surface area contributed by atoms with Gasteiger partial charge >= 0.3 is 0 Å². The molecule has 2 aliphatic carbocycles. The van der Waals surface area contributed by atoms with Crippen molar-refractivity contribution in [2.24, 2.45) is 5.92 Å². The number of hydrogen-bond acceptors (Lipinski definition) is 2. The van der Waals surface area contributed by atoms with Crippen molar-refractivity contribution >= 4 is 24.9 Å². The normalized spacial score (nSPS) is 26.5. The lowest BCUT2D eigenvalue weighted by Crippen LogP contribution is -2.51. The van der Waals surface area contributed by atoms with Crippen LogP contribution >= 0.6 is 0 Å². The molecule has 1 fully saturated rings. The van der Waals surface area contributed by atoms with Gasteiger partial charge in [0.25, 0.3) is 0 Å². The monoisotopic (exact) mass is 336 g/mol. The molecule has 0 unspecified atom stereocenters. The Kier molecular flexibility index (Phi) is 3.30. The largest absolute Gasteiger partial charge is 0.547 e. The van der Waals surface area contributed by atoms with Crippen LogP contribution in [0.15, 0.2) is 53.8 Å². The molecule has 124 valence electrons. The maximum atomic E-state index is 12.8. The van der Waals surface area contributed by atoms with Gasteiger partial charge in [-0.25, -0.2) is 0 Å². The fourth-order valence-electron chi connectivity index (χ4n) is 4.51. The van der Waals surface area contributed by atoms with Crippen LogP contribution in [0.25, 0.3) is 10.8 Å². The molecule has 2 nitrogen and oxygen atoms in total. The van der Waals surface area contributed by atoms with Gasteiger partial charge in [-0.3, -0.25) is 4.79 Å². The number of carbonyl (C=O) groups excluding carboxylic acids is 1. The van der Waals surface area contributed by atoms with Crippen molar-refractivity contribution in [2.75, 3.05) is 0 Å². The van der Waals surface area contributed by atoms with Gasteiger partial charge in [-0.15, -0.1) is 0 Å². The van der Waals surface area contributed by atoms with E-state index in [-0.39, 0.29) is 0 Å². The number of benzene rings is 2. The number of fused-ring (bicyclic) bond motifs is 2. The molecule has 3 heteroatoms. The van der Waals surface area contributed by atoms with E-state index in [1.54, 1.807) is 0 Å². The zero-order valence-corrected chi connectivity index (χ0v) is 15.8. The van der Waals surface area contributed by atoms with E-state index in [2.05, 4.69) is 69.0 Å². The zero-order valence-electron chi connectivity index (χ0n) is 14.8. The summed E-state index contributed by atoms with van der Waals surface area (Å²) in [4.78, 5) is 12.8. The first-order valence-corrected chi connectivity index (χ1v) is 12.1. The lowest BCUT2D eigenvalue weighted by atomic mass is 9.55. The second-order valence-electron chi connectivity index (χ2n) is 8.16. The molecule has 2 aromatic carbocycles. The average Bonchev–Trinajstić information content (AvgIpc) is 2.73. The minimum absolute atomic E-state index is 0.356. The summed E-state index contributed by atoms with van der Waals surface area (Å²) in [6.07, 6.45) is 1.59. The molecule has 0 saturated heterocycles. The Morgan fingerprint density at radius 2 is 1.75 bits per heavy atom. The van der Waals surface area contributed by atoms with Crippen LogP contribution in [0.3, 0.4) is 0 Å². The minimum atomic E-state index is -1.66. The molecule has 1 saturated carbocycles. The van der Waals surface area contributed by atoms with Gasteiger partial charge in [0.2, 0.25) is 8.32 Å². The van der Waals surface area contributed by atoms with E-state index in [1.165, 1.54) is 10.8 Å². The first kappa shape index (κ1) is 15.6. The summed E-state index contributed by atoms with van der Waals surface area (Å²) in [5.41, 5.74) is 1.87. The van der Waals surface area contributed by atoms with Gasteiger partial charge in [-0.2, -0.15) is 0 Å². The van der Waals surface area contributed by atoms with E-state index in [1.807, 2.05) is 0 Å². The van der Waals surface area contributed by atoms with E-state index >= 15 is 0 Å². The Hall–Kier alpha value is -1.87. The van der Waals surface area contributed by atoms with Crippen LogP contribution in [0.1, 0.15) is 25.3 Å². The molecule has 2 aliphatic rings. The number of ketones is 1. The maximum Gasteiger partial charge on any atom is 0.241 e. The minimum Gasteiger partial charge on any atom is -0.547 e. The van der Waals surface area contributed by atoms with Crippen LogP contribution in [0.5, 0.6) is 0 Å². The van der Waals surface area contributed by atoms with E-state index < -0.39 is 13.7 Å². The third kappa shape index (κ3) is 2.11. The first-order valence-electron chi connectivity index (χ1n) is 8.74. The third-order valence-electron chi connectivity index (χ3n) is 5.56. The molecule has 0 aliphatic heterocycles. The zero-order chi connectivity index (χ0) is 17.1. The number of hydrogen-bond donors (Lipinski definition) is 0. The molecule has 0 N–H and O–H groups in total. The smallest absolute Gasteiger partial charge is 0.241 e. The highest BCUT2D eigenvalue weighted by atomic mass is 28.4. The lowest BCUT2D eigenvalue weighted by Gasteiger charge is -2.45. The van der Waals surface area contributed by atoms with Crippen LogP contribution < -0.4 is 0 Å². The highest BCUT2D eigenvalue weighted by Gasteiger charge is 2.61. The Bertz CT molecular complexity index is 875. The summed E-state index contributed by atoms with van der Waals surface area (Å²) >= 11 is 0. The molecule has 0 amide bonds. The van der Waals surface area contributed by atoms with Crippen molar-refractivity contribution < 1.29 is 9.22 Å². The van der Waals surface area contributed by atoms with Crippen molar-refractivity contribution in [1.29, 1.82) is 0 Å².